The molecule has 1 aromatic carbocycles. The second-order valence-electron chi connectivity index (χ2n) is 5.35. The third-order valence-electron chi connectivity index (χ3n) is 3.87. The van der Waals surface area contributed by atoms with E-state index in [0.29, 0.717) is 12.1 Å². The van der Waals surface area contributed by atoms with Gasteiger partial charge in [0.25, 0.3) is 5.91 Å². The number of hydrogen-bond acceptors (Lipinski definition) is 2. The van der Waals surface area contributed by atoms with Crippen molar-refractivity contribution in [2.24, 2.45) is 5.73 Å². The predicted octanol–water partition coefficient (Wildman–Crippen LogP) is 2.34. The second-order valence-corrected chi connectivity index (χ2v) is 5.35. The van der Waals surface area contributed by atoms with Crippen LogP contribution in [0.3, 0.4) is 0 Å². The van der Waals surface area contributed by atoms with Gasteiger partial charge in [0.1, 0.15) is 0 Å². The SMILES string of the molecule is Cc1cccc(C(=O)N(C)C2CCC(N)CC2)c1. The molecule has 1 aromatic rings. The van der Waals surface area contributed by atoms with Crippen molar-refractivity contribution in [1.82, 2.24) is 4.90 Å². The minimum absolute atomic E-state index is 0.124. The molecule has 0 aliphatic heterocycles. The first kappa shape index (κ1) is 13.1. The first-order chi connectivity index (χ1) is 8.58. The van der Waals surface area contributed by atoms with Crippen molar-refractivity contribution in [3.05, 3.63) is 35.4 Å². The van der Waals surface area contributed by atoms with E-state index in [1.807, 2.05) is 43.1 Å². The molecule has 1 fully saturated rings. The number of nitrogens with two attached hydrogens (primary N) is 1. The van der Waals surface area contributed by atoms with Gasteiger partial charge in [-0.2, -0.15) is 0 Å². The van der Waals surface area contributed by atoms with Gasteiger partial charge in [-0.25, -0.2) is 0 Å². The summed E-state index contributed by atoms with van der Waals surface area (Å²) in [7, 11) is 1.91. The maximum atomic E-state index is 12.4. The zero-order chi connectivity index (χ0) is 13.1. The largest absolute Gasteiger partial charge is 0.339 e. The number of carbonyl (C=O) groups excluding carboxylic acids is 1. The molecule has 0 radical (unpaired) electrons. The van der Waals surface area contributed by atoms with Gasteiger partial charge in [0.2, 0.25) is 0 Å². The molecule has 1 saturated carbocycles. The van der Waals surface area contributed by atoms with Crippen molar-refractivity contribution in [1.29, 1.82) is 0 Å². The van der Waals surface area contributed by atoms with Gasteiger partial charge in [-0.15, -0.1) is 0 Å². The summed E-state index contributed by atoms with van der Waals surface area (Å²) in [6, 6.07) is 8.46. The maximum Gasteiger partial charge on any atom is 0.253 e. The molecule has 0 spiro atoms. The number of rotatable bonds is 2. The third kappa shape index (κ3) is 2.91. The average molecular weight is 246 g/mol. The van der Waals surface area contributed by atoms with E-state index in [1.165, 1.54) is 0 Å². The fourth-order valence-electron chi connectivity index (χ4n) is 2.64. The zero-order valence-corrected chi connectivity index (χ0v) is 11.2. The summed E-state index contributed by atoms with van der Waals surface area (Å²) in [5.41, 5.74) is 7.81. The molecule has 0 unspecified atom stereocenters. The van der Waals surface area contributed by atoms with E-state index >= 15 is 0 Å². The van der Waals surface area contributed by atoms with E-state index in [2.05, 4.69) is 0 Å². The standard InChI is InChI=1S/C15H22N2O/c1-11-4-3-5-12(10-11)15(18)17(2)14-8-6-13(16)7-9-14/h3-5,10,13-14H,6-9,16H2,1-2H3. The minimum Gasteiger partial charge on any atom is -0.339 e. The molecule has 0 saturated heterocycles. The highest BCUT2D eigenvalue weighted by Crippen LogP contribution is 2.22. The molecule has 0 atom stereocenters. The molecule has 2 rings (SSSR count). The van der Waals surface area contributed by atoms with Gasteiger partial charge >= 0.3 is 0 Å². The number of benzene rings is 1. The van der Waals surface area contributed by atoms with Crippen LogP contribution in [-0.4, -0.2) is 29.9 Å². The molecule has 1 amide bonds. The Hall–Kier alpha value is -1.35. The van der Waals surface area contributed by atoms with E-state index in [-0.39, 0.29) is 5.91 Å². The highest BCUT2D eigenvalue weighted by atomic mass is 16.2. The summed E-state index contributed by atoms with van der Waals surface area (Å²) in [4.78, 5) is 14.3. The van der Waals surface area contributed by atoms with Crippen molar-refractivity contribution >= 4 is 5.91 Å². The molecule has 1 aliphatic carbocycles. The van der Waals surface area contributed by atoms with Crippen molar-refractivity contribution in [3.8, 4) is 0 Å². The number of hydrogen-bond donors (Lipinski definition) is 1. The monoisotopic (exact) mass is 246 g/mol. The molecular weight excluding hydrogens is 224 g/mol. The molecule has 1 aliphatic rings. The van der Waals surface area contributed by atoms with Gasteiger partial charge in [0, 0.05) is 24.7 Å². The number of carbonyl (C=O) groups is 1. The Balaban J connectivity index is 2.04. The number of nitrogens with zero attached hydrogens (tertiary/aromatic N) is 1. The Morgan fingerprint density at radius 3 is 2.56 bits per heavy atom. The lowest BCUT2D eigenvalue weighted by molar-refractivity contribution is 0.0690. The Morgan fingerprint density at radius 1 is 1.28 bits per heavy atom. The van der Waals surface area contributed by atoms with E-state index < -0.39 is 0 Å². The Kier molecular flexibility index (Phi) is 4.02. The van der Waals surface area contributed by atoms with Crippen molar-refractivity contribution < 1.29 is 4.79 Å². The molecule has 0 heterocycles. The molecule has 0 bridgehead atoms. The Morgan fingerprint density at radius 2 is 1.94 bits per heavy atom. The smallest absolute Gasteiger partial charge is 0.253 e. The van der Waals surface area contributed by atoms with Crippen LogP contribution < -0.4 is 5.73 Å². The van der Waals surface area contributed by atoms with Crippen molar-refractivity contribution in [3.63, 3.8) is 0 Å². The van der Waals surface area contributed by atoms with Gasteiger partial charge in [-0.3, -0.25) is 4.79 Å². The predicted molar refractivity (Wildman–Crippen MR) is 73.5 cm³/mol. The quantitative estimate of drug-likeness (QED) is 0.870. The lowest BCUT2D eigenvalue weighted by Gasteiger charge is -2.33. The van der Waals surface area contributed by atoms with Crippen LogP contribution in [0.15, 0.2) is 24.3 Å². The highest BCUT2D eigenvalue weighted by Gasteiger charge is 2.25. The van der Waals surface area contributed by atoms with Crippen LogP contribution in [0.4, 0.5) is 0 Å². The maximum absolute atomic E-state index is 12.4. The van der Waals surface area contributed by atoms with E-state index in [4.69, 9.17) is 5.73 Å². The fourth-order valence-corrected chi connectivity index (χ4v) is 2.64. The van der Waals surface area contributed by atoms with E-state index in [9.17, 15) is 4.79 Å². The first-order valence-corrected chi connectivity index (χ1v) is 6.67. The van der Waals surface area contributed by atoms with Crippen LogP contribution in [0.25, 0.3) is 0 Å². The second kappa shape index (κ2) is 5.53. The highest BCUT2D eigenvalue weighted by molar-refractivity contribution is 5.94. The summed E-state index contributed by atoms with van der Waals surface area (Å²) in [5, 5.41) is 0. The third-order valence-corrected chi connectivity index (χ3v) is 3.87. The van der Waals surface area contributed by atoms with Gasteiger partial charge in [0.15, 0.2) is 0 Å². The molecular formula is C15H22N2O. The summed E-state index contributed by atoms with van der Waals surface area (Å²) >= 11 is 0. The summed E-state index contributed by atoms with van der Waals surface area (Å²) in [6.07, 6.45) is 4.09. The van der Waals surface area contributed by atoms with Crippen LogP contribution in [0.2, 0.25) is 0 Å². The molecule has 3 nitrogen and oxygen atoms in total. The average Bonchev–Trinajstić information content (AvgIpc) is 2.38. The minimum atomic E-state index is 0.124. The summed E-state index contributed by atoms with van der Waals surface area (Å²) < 4.78 is 0. The van der Waals surface area contributed by atoms with Crippen molar-refractivity contribution in [2.45, 2.75) is 44.7 Å². The van der Waals surface area contributed by atoms with Crippen LogP contribution in [0.1, 0.15) is 41.6 Å². The molecule has 2 N–H and O–H groups in total. The lowest BCUT2D eigenvalue weighted by atomic mass is 9.90. The molecule has 0 aromatic heterocycles. The summed E-state index contributed by atoms with van der Waals surface area (Å²) in [5.74, 6) is 0.124. The van der Waals surface area contributed by atoms with Gasteiger partial charge in [-0.05, 0) is 44.7 Å². The normalized spacial score (nSPS) is 23.7. The molecule has 98 valence electrons. The fraction of sp³-hybridized carbons (Fsp3) is 0.533. The van der Waals surface area contributed by atoms with Gasteiger partial charge < -0.3 is 10.6 Å². The van der Waals surface area contributed by atoms with Gasteiger partial charge in [0.05, 0.1) is 0 Å². The molecule has 18 heavy (non-hydrogen) atoms. The van der Waals surface area contributed by atoms with E-state index in [0.717, 1.165) is 36.8 Å². The van der Waals surface area contributed by atoms with Crippen molar-refractivity contribution in [2.75, 3.05) is 7.05 Å². The summed E-state index contributed by atoms with van der Waals surface area (Å²) in [6.45, 7) is 2.01. The topological polar surface area (TPSA) is 46.3 Å². The van der Waals surface area contributed by atoms with Crippen LogP contribution >= 0.6 is 0 Å². The van der Waals surface area contributed by atoms with Gasteiger partial charge in [-0.1, -0.05) is 17.7 Å². The molecule has 3 heteroatoms. The number of aryl methyl sites for hydroxylation is 1. The van der Waals surface area contributed by atoms with E-state index in [1.54, 1.807) is 0 Å². The van der Waals surface area contributed by atoms with Crippen LogP contribution in [0.5, 0.6) is 0 Å². The van der Waals surface area contributed by atoms with Crippen LogP contribution in [-0.2, 0) is 0 Å². The first-order valence-electron chi connectivity index (χ1n) is 6.67. The zero-order valence-electron chi connectivity index (χ0n) is 11.2. The Labute approximate surface area is 109 Å². The lowest BCUT2D eigenvalue weighted by Crippen LogP contribution is -2.41. The van der Waals surface area contributed by atoms with Crippen LogP contribution in [0, 0.1) is 6.92 Å². The number of amides is 1. The Bertz CT molecular complexity index is 422.